The van der Waals surface area contributed by atoms with Crippen LogP contribution in [0.25, 0.3) is 0 Å². The number of amides is 2. The Kier molecular flexibility index (Phi) is 4.42. The molecule has 1 aromatic carbocycles. The minimum atomic E-state index is -1.07. The van der Waals surface area contributed by atoms with Crippen LogP contribution in [-0.2, 0) is 29.1 Å². The van der Waals surface area contributed by atoms with E-state index in [4.69, 9.17) is 5.11 Å². The topological polar surface area (TPSA) is 126 Å². The lowest BCUT2D eigenvalue weighted by molar-refractivity contribution is -0.137. The third-order valence-electron chi connectivity index (χ3n) is 3.65. The maximum Gasteiger partial charge on any atom is 0.325 e. The van der Waals surface area contributed by atoms with E-state index in [0.717, 1.165) is 10.7 Å². The Hall–Kier alpha value is -3.30. The van der Waals surface area contributed by atoms with Crippen LogP contribution in [0.4, 0.5) is 10.1 Å². The fraction of sp³-hybridized carbons (Fsp3) is 0.267. The molecule has 0 aliphatic carbocycles. The number of aromatic nitrogens is 3. The maximum absolute atomic E-state index is 14.1. The van der Waals surface area contributed by atoms with Crippen molar-refractivity contribution in [1.82, 2.24) is 20.3 Å². The molecule has 0 saturated heterocycles. The number of carboxylic acids is 1. The summed E-state index contributed by atoms with van der Waals surface area (Å²) in [6, 6.07) is 2.55. The van der Waals surface area contributed by atoms with Crippen molar-refractivity contribution < 1.29 is 23.9 Å². The van der Waals surface area contributed by atoms with Crippen LogP contribution in [0.3, 0.4) is 0 Å². The van der Waals surface area contributed by atoms with Crippen molar-refractivity contribution in [2.24, 2.45) is 0 Å². The third-order valence-corrected chi connectivity index (χ3v) is 3.65. The molecule has 9 nitrogen and oxygen atoms in total. The van der Waals surface area contributed by atoms with Gasteiger partial charge in [-0.15, -0.1) is 5.10 Å². The van der Waals surface area contributed by atoms with Gasteiger partial charge in [0.25, 0.3) is 5.91 Å². The number of carbonyl (C=O) groups excluding carboxylic acids is 2. The average molecular weight is 347 g/mol. The molecule has 2 heterocycles. The van der Waals surface area contributed by atoms with Crippen LogP contribution < -0.4 is 10.6 Å². The molecule has 0 atom stereocenters. The van der Waals surface area contributed by atoms with Crippen molar-refractivity contribution in [3.63, 3.8) is 0 Å². The number of rotatable bonds is 5. The SMILES string of the molecule is O=C(O)Cn1cc(CNC(=O)c2cc3c(cc2F)NC(=O)CC3)nn1. The second-order valence-electron chi connectivity index (χ2n) is 5.52. The Balaban J connectivity index is 1.68. The molecular weight excluding hydrogens is 333 g/mol. The zero-order valence-corrected chi connectivity index (χ0v) is 13.0. The standard InChI is InChI=1S/C15H14FN5O4/c16-11-4-12-8(1-2-13(22)18-12)3-10(11)15(25)17-5-9-6-21(20-19-9)7-14(23)24/h3-4,6H,1-2,5,7H2,(H,17,25)(H,18,22)(H,23,24). The summed E-state index contributed by atoms with van der Waals surface area (Å²) in [6.07, 6.45) is 2.10. The number of nitrogens with one attached hydrogen (secondary N) is 2. The van der Waals surface area contributed by atoms with Gasteiger partial charge in [0.15, 0.2) is 0 Å². The smallest absolute Gasteiger partial charge is 0.325 e. The van der Waals surface area contributed by atoms with Crippen molar-refractivity contribution in [3.8, 4) is 0 Å². The van der Waals surface area contributed by atoms with Crippen LogP contribution in [0.1, 0.15) is 28.0 Å². The monoisotopic (exact) mass is 347 g/mol. The number of hydrogen-bond donors (Lipinski definition) is 3. The van der Waals surface area contributed by atoms with Gasteiger partial charge in [-0.05, 0) is 24.1 Å². The van der Waals surface area contributed by atoms with Crippen molar-refractivity contribution in [2.75, 3.05) is 5.32 Å². The van der Waals surface area contributed by atoms with E-state index in [1.807, 2.05) is 0 Å². The van der Waals surface area contributed by atoms with Crippen LogP contribution in [0.15, 0.2) is 18.3 Å². The molecule has 0 fully saturated rings. The molecule has 3 N–H and O–H groups in total. The van der Waals surface area contributed by atoms with Gasteiger partial charge in [0.2, 0.25) is 5.91 Å². The Morgan fingerprint density at radius 3 is 2.92 bits per heavy atom. The van der Waals surface area contributed by atoms with Gasteiger partial charge in [-0.2, -0.15) is 0 Å². The minimum Gasteiger partial charge on any atom is -0.480 e. The van der Waals surface area contributed by atoms with E-state index < -0.39 is 17.7 Å². The highest BCUT2D eigenvalue weighted by molar-refractivity contribution is 5.98. The number of halogens is 1. The summed E-state index contributed by atoms with van der Waals surface area (Å²) in [5, 5.41) is 21.1. The molecular formula is C15H14FN5O4. The van der Waals surface area contributed by atoms with Crippen LogP contribution in [0.5, 0.6) is 0 Å². The molecule has 25 heavy (non-hydrogen) atoms. The molecule has 1 aliphatic rings. The van der Waals surface area contributed by atoms with Gasteiger partial charge in [-0.25, -0.2) is 9.07 Å². The van der Waals surface area contributed by atoms with E-state index in [-0.39, 0.29) is 31.0 Å². The number of benzene rings is 1. The first-order chi connectivity index (χ1) is 11.9. The van der Waals surface area contributed by atoms with E-state index in [0.29, 0.717) is 23.4 Å². The highest BCUT2D eigenvalue weighted by Gasteiger charge is 2.20. The van der Waals surface area contributed by atoms with E-state index in [9.17, 15) is 18.8 Å². The van der Waals surface area contributed by atoms with Gasteiger partial charge in [0.05, 0.1) is 18.3 Å². The Morgan fingerprint density at radius 1 is 1.36 bits per heavy atom. The lowest BCUT2D eigenvalue weighted by Gasteiger charge is -2.18. The summed E-state index contributed by atoms with van der Waals surface area (Å²) in [5.41, 5.74) is 1.29. The van der Waals surface area contributed by atoms with Crippen LogP contribution >= 0.6 is 0 Å². The van der Waals surface area contributed by atoms with Crippen molar-refractivity contribution in [3.05, 3.63) is 41.0 Å². The van der Waals surface area contributed by atoms with E-state index in [1.54, 1.807) is 0 Å². The molecule has 3 rings (SSSR count). The van der Waals surface area contributed by atoms with Crippen LogP contribution in [0, 0.1) is 5.82 Å². The second-order valence-corrected chi connectivity index (χ2v) is 5.52. The first-order valence-electron chi connectivity index (χ1n) is 7.43. The maximum atomic E-state index is 14.1. The molecule has 2 amide bonds. The first kappa shape index (κ1) is 16.6. The summed E-state index contributed by atoms with van der Waals surface area (Å²) in [7, 11) is 0. The lowest BCUT2D eigenvalue weighted by Crippen LogP contribution is -2.25. The summed E-state index contributed by atoms with van der Waals surface area (Å²) in [4.78, 5) is 34.1. The second kappa shape index (κ2) is 6.67. The molecule has 130 valence electrons. The molecule has 1 aliphatic heterocycles. The lowest BCUT2D eigenvalue weighted by atomic mass is 9.99. The number of carboxylic acid groups (broad SMARTS) is 1. The molecule has 0 radical (unpaired) electrons. The van der Waals surface area contributed by atoms with E-state index >= 15 is 0 Å². The number of hydrogen-bond acceptors (Lipinski definition) is 5. The molecule has 2 aromatic rings. The summed E-state index contributed by atoms with van der Waals surface area (Å²) < 4.78 is 15.2. The number of aryl methyl sites for hydroxylation is 1. The van der Waals surface area contributed by atoms with Crippen molar-refractivity contribution in [1.29, 1.82) is 0 Å². The molecule has 0 spiro atoms. The molecule has 0 bridgehead atoms. The first-order valence-corrected chi connectivity index (χ1v) is 7.43. The third kappa shape index (κ3) is 3.79. The normalized spacial score (nSPS) is 13.1. The van der Waals surface area contributed by atoms with Gasteiger partial charge in [-0.1, -0.05) is 5.21 Å². The molecule has 0 unspecified atom stereocenters. The Bertz CT molecular complexity index is 864. The fourth-order valence-electron chi connectivity index (χ4n) is 2.48. The highest BCUT2D eigenvalue weighted by Crippen LogP contribution is 2.25. The van der Waals surface area contributed by atoms with E-state index in [2.05, 4.69) is 20.9 Å². The predicted octanol–water partition coefficient (Wildman–Crippen LogP) is 0.316. The molecule has 1 aromatic heterocycles. The van der Waals surface area contributed by atoms with Gasteiger partial charge in [0.1, 0.15) is 18.1 Å². The zero-order valence-electron chi connectivity index (χ0n) is 13.0. The van der Waals surface area contributed by atoms with Gasteiger partial charge in [0, 0.05) is 12.1 Å². The predicted molar refractivity (Wildman–Crippen MR) is 82.2 cm³/mol. The summed E-state index contributed by atoms with van der Waals surface area (Å²) in [6.45, 7) is -0.363. The quantitative estimate of drug-likeness (QED) is 0.715. The molecule has 0 saturated carbocycles. The van der Waals surface area contributed by atoms with Gasteiger partial charge in [-0.3, -0.25) is 14.4 Å². The molecule has 10 heteroatoms. The van der Waals surface area contributed by atoms with Crippen LogP contribution in [0.2, 0.25) is 0 Å². The average Bonchev–Trinajstić information content (AvgIpc) is 2.98. The van der Waals surface area contributed by atoms with E-state index in [1.165, 1.54) is 12.3 Å². The number of fused-ring (bicyclic) bond motifs is 1. The Morgan fingerprint density at radius 2 is 2.16 bits per heavy atom. The summed E-state index contributed by atoms with van der Waals surface area (Å²) >= 11 is 0. The Labute approximate surface area is 140 Å². The number of carbonyl (C=O) groups is 3. The zero-order chi connectivity index (χ0) is 18.0. The highest BCUT2D eigenvalue weighted by atomic mass is 19.1. The number of aliphatic carboxylic acids is 1. The largest absolute Gasteiger partial charge is 0.480 e. The fourth-order valence-corrected chi connectivity index (χ4v) is 2.48. The van der Waals surface area contributed by atoms with Crippen molar-refractivity contribution >= 4 is 23.5 Å². The van der Waals surface area contributed by atoms with Gasteiger partial charge < -0.3 is 15.7 Å². The minimum absolute atomic E-state index is 0.0221. The van der Waals surface area contributed by atoms with Crippen molar-refractivity contribution in [2.45, 2.75) is 25.9 Å². The van der Waals surface area contributed by atoms with Crippen LogP contribution in [-0.4, -0.2) is 37.9 Å². The summed E-state index contributed by atoms with van der Waals surface area (Å²) in [5.74, 6) is -2.63. The number of nitrogens with zero attached hydrogens (tertiary/aromatic N) is 3. The van der Waals surface area contributed by atoms with Gasteiger partial charge >= 0.3 is 5.97 Å². The number of anilines is 1.